The molecule has 0 unspecified atom stereocenters. The van der Waals surface area contributed by atoms with E-state index in [1.807, 2.05) is 19.1 Å². The van der Waals surface area contributed by atoms with Crippen LogP contribution >= 0.6 is 0 Å². The summed E-state index contributed by atoms with van der Waals surface area (Å²) in [7, 11) is -1.93. The summed E-state index contributed by atoms with van der Waals surface area (Å²) in [5, 5.41) is 2.79. The fraction of sp³-hybridized carbons (Fsp3) is 0.381. The lowest BCUT2D eigenvalue weighted by Gasteiger charge is -2.19. The molecule has 1 heterocycles. The summed E-state index contributed by atoms with van der Waals surface area (Å²) < 4.78 is 37.8. The van der Waals surface area contributed by atoms with Gasteiger partial charge in [-0.1, -0.05) is 19.1 Å². The molecule has 0 saturated carbocycles. The molecule has 29 heavy (non-hydrogen) atoms. The monoisotopic (exact) mass is 418 g/mol. The number of rotatable bonds is 8. The number of para-hydroxylation sites is 2. The van der Waals surface area contributed by atoms with E-state index in [-0.39, 0.29) is 10.8 Å². The lowest BCUT2D eigenvalue weighted by atomic mass is 10.2. The molecule has 0 radical (unpaired) electrons. The molecule has 1 atom stereocenters. The van der Waals surface area contributed by atoms with Crippen molar-refractivity contribution < 1.29 is 22.7 Å². The van der Waals surface area contributed by atoms with Gasteiger partial charge in [-0.3, -0.25) is 4.79 Å². The molecule has 3 rings (SSSR count). The number of carbonyl (C=O) groups is 1. The topological polar surface area (TPSA) is 84.9 Å². The number of hydrogen-bond acceptors (Lipinski definition) is 5. The number of ether oxygens (including phenoxy) is 2. The Morgan fingerprint density at radius 2 is 1.69 bits per heavy atom. The molecule has 7 nitrogen and oxygen atoms in total. The third-order valence-electron chi connectivity index (χ3n) is 4.83. The van der Waals surface area contributed by atoms with Crippen molar-refractivity contribution in [2.24, 2.45) is 0 Å². The Morgan fingerprint density at radius 3 is 2.28 bits per heavy atom. The van der Waals surface area contributed by atoms with Crippen LogP contribution in [0.1, 0.15) is 26.2 Å². The number of methoxy groups -OCH3 is 1. The molecular formula is C21H26N2O5S. The second-order valence-electron chi connectivity index (χ2n) is 6.79. The predicted octanol–water partition coefficient (Wildman–Crippen LogP) is 3.28. The fourth-order valence-corrected chi connectivity index (χ4v) is 4.72. The standard InChI is InChI=1S/C21H26N2O5S/c1-3-18(28-20-9-5-4-8-19(20)27-2)21(24)22-16-10-12-17(13-11-16)29(25,26)23-14-6-7-15-23/h4-5,8-13,18H,3,6-7,14-15H2,1-2H3,(H,22,24)/t18-/m1/s1. The molecule has 0 aliphatic carbocycles. The number of anilines is 1. The lowest BCUT2D eigenvalue weighted by Crippen LogP contribution is -2.32. The molecule has 1 amide bonds. The highest BCUT2D eigenvalue weighted by Crippen LogP contribution is 2.28. The zero-order chi connectivity index (χ0) is 20.9. The second kappa shape index (κ2) is 9.28. The molecule has 1 N–H and O–H groups in total. The summed E-state index contributed by atoms with van der Waals surface area (Å²) in [6.45, 7) is 2.96. The van der Waals surface area contributed by atoms with E-state index in [2.05, 4.69) is 5.32 Å². The first-order valence-electron chi connectivity index (χ1n) is 9.66. The SMILES string of the molecule is CC[C@@H](Oc1ccccc1OC)C(=O)Nc1ccc(S(=O)(=O)N2CCCC2)cc1. The third kappa shape index (κ3) is 4.89. The van der Waals surface area contributed by atoms with E-state index in [4.69, 9.17) is 9.47 Å². The van der Waals surface area contributed by atoms with Crippen LogP contribution in [0.4, 0.5) is 5.69 Å². The van der Waals surface area contributed by atoms with Gasteiger partial charge in [0.2, 0.25) is 10.0 Å². The number of benzene rings is 2. The van der Waals surface area contributed by atoms with Crippen LogP contribution in [0.3, 0.4) is 0 Å². The number of hydrogen-bond donors (Lipinski definition) is 1. The highest BCUT2D eigenvalue weighted by molar-refractivity contribution is 7.89. The van der Waals surface area contributed by atoms with Gasteiger partial charge >= 0.3 is 0 Å². The maximum absolute atomic E-state index is 12.6. The smallest absolute Gasteiger partial charge is 0.265 e. The van der Waals surface area contributed by atoms with Crippen LogP contribution in [-0.4, -0.2) is 44.9 Å². The van der Waals surface area contributed by atoms with E-state index >= 15 is 0 Å². The van der Waals surface area contributed by atoms with Crippen LogP contribution in [0.15, 0.2) is 53.4 Å². The normalized spacial score (nSPS) is 15.7. The van der Waals surface area contributed by atoms with Gasteiger partial charge in [0.05, 0.1) is 12.0 Å². The van der Waals surface area contributed by atoms with Crippen molar-refractivity contribution in [1.29, 1.82) is 0 Å². The van der Waals surface area contributed by atoms with Gasteiger partial charge in [-0.2, -0.15) is 4.31 Å². The molecule has 0 aromatic heterocycles. The first-order valence-corrected chi connectivity index (χ1v) is 11.1. The van der Waals surface area contributed by atoms with Gasteiger partial charge in [-0.05, 0) is 55.7 Å². The maximum Gasteiger partial charge on any atom is 0.265 e. The molecule has 0 bridgehead atoms. The molecular weight excluding hydrogens is 392 g/mol. The Balaban J connectivity index is 1.67. The first-order chi connectivity index (χ1) is 14.0. The summed E-state index contributed by atoms with van der Waals surface area (Å²) in [5.41, 5.74) is 0.512. The van der Waals surface area contributed by atoms with Gasteiger partial charge in [0.15, 0.2) is 17.6 Å². The Kier molecular flexibility index (Phi) is 6.76. The summed E-state index contributed by atoms with van der Waals surface area (Å²) >= 11 is 0. The largest absolute Gasteiger partial charge is 0.493 e. The minimum absolute atomic E-state index is 0.231. The van der Waals surface area contributed by atoms with Crippen molar-refractivity contribution >= 4 is 21.6 Å². The number of nitrogens with one attached hydrogen (secondary N) is 1. The predicted molar refractivity (Wildman–Crippen MR) is 111 cm³/mol. The van der Waals surface area contributed by atoms with Crippen LogP contribution in [-0.2, 0) is 14.8 Å². The number of sulfonamides is 1. The number of carbonyl (C=O) groups excluding carboxylic acids is 1. The van der Waals surface area contributed by atoms with E-state index in [1.54, 1.807) is 31.4 Å². The minimum Gasteiger partial charge on any atom is -0.493 e. The highest BCUT2D eigenvalue weighted by Gasteiger charge is 2.27. The summed E-state index contributed by atoms with van der Waals surface area (Å²) in [5.74, 6) is 0.729. The van der Waals surface area contributed by atoms with Crippen molar-refractivity contribution in [2.45, 2.75) is 37.2 Å². The van der Waals surface area contributed by atoms with Gasteiger partial charge in [0, 0.05) is 18.8 Å². The molecule has 2 aromatic rings. The summed E-state index contributed by atoms with van der Waals surface area (Å²) in [4.78, 5) is 12.9. The molecule has 0 spiro atoms. The van der Waals surface area contributed by atoms with Crippen molar-refractivity contribution in [1.82, 2.24) is 4.31 Å². The summed E-state index contributed by atoms with van der Waals surface area (Å²) in [6, 6.07) is 13.4. The zero-order valence-corrected chi connectivity index (χ0v) is 17.4. The Bertz CT molecular complexity index is 938. The van der Waals surface area contributed by atoms with Crippen LogP contribution < -0.4 is 14.8 Å². The molecule has 1 aliphatic heterocycles. The molecule has 2 aromatic carbocycles. The van der Waals surface area contributed by atoms with Gasteiger partial charge < -0.3 is 14.8 Å². The molecule has 156 valence electrons. The summed E-state index contributed by atoms with van der Waals surface area (Å²) in [6.07, 6.45) is 1.53. The average molecular weight is 419 g/mol. The fourth-order valence-electron chi connectivity index (χ4n) is 3.20. The van der Waals surface area contributed by atoms with E-state index in [9.17, 15) is 13.2 Å². The quantitative estimate of drug-likeness (QED) is 0.711. The van der Waals surface area contributed by atoms with Crippen molar-refractivity contribution in [3.05, 3.63) is 48.5 Å². The molecule has 1 fully saturated rings. The van der Waals surface area contributed by atoms with E-state index in [1.165, 1.54) is 16.4 Å². The van der Waals surface area contributed by atoms with Crippen LogP contribution in [0.5, 0.6) is 11.5 Å². The molecule has 8 heteroatoms. The van der Waals surface area contributed by atoms with Crippen molar-refractivity contribution in [3.8, 4) is 11.5 Å². The first kappa shape index (κ1) is 21.1. The van der Waals surface area contributed by atoms with Crippen molar-refractivity contribution in [3.63, 3.8) is 0 Å². The van der Waals surface area contributed by atoms with Crippen LogP contribution in [0.25, 0.3) is 0 Å². The second-order valence-corrected chi connectivity index (χ2v) is 8.73. The Labute approximate surface area is 171 Å². The highest BCUT2D eigenvalue weighted by atomic mass is 32.2. The minimum atomic E-state index is -3.47. The zero-order valence-electron chi connectivity index (χ0n) is 16.6. The van der Waals surface area contributed by atoms with Crippen LogP contribution in [0, 0.1) is 0 Å². The van der Waals surface area contributed by atoms with Gasteiger partial charge in [-0.15, -0.1) is 0 Å². The molecule has 1 aliphatic rings. The van der Waals surface area contributed by atoms with Crippen molar-refractivity contribution in [2.75, 3.05) is 25.5 Å². The van der Waals surface area contributed by atoms with Gasteiger partial charge in [0.1, 0.15) is 0 Å². The average Bonchev–Trinajstić information content (AvgIpc) is 3.28. The Morgan fingerprint density at radius 1 is 1.07 bits per heavy atom. The number of nitrogens with zero attached hydrogens (tertiary/aromatic N) is 1. The lowest BCUT2D eigenvalue weighted by molar-refractivity contribution is -0.122. The molecule has 1 saturated heterocycles. The van der Waals surface area contributed by atoms with E-state index < -0.39 is 16.1 Å². The van der Waals surface area contributed by atoms with Gasteiger partial charge in [-0.25, -0.2) is 8.42 Å². The third-order valence-corrected chi connectivity index (χ3v) is 6.74. The maximum atomic E-state index is 12.6. The van der Waals surface area contributed by atoms with E-state index in [0.29, 0.717) is 36.7 Å². The van der Waals surface area contributed by atoms with Gasteiger partial charge in [0.25, 0.3) is 5.91 Å². The van der Waals surface area contributed by atoms with E-state index in [0.717, 1.165) is 12.8 Å². The van der Waals surface area contributed by atoms with Crippen LogP contribution in [0.2, 0.25) is 0 Å². The number of amides is 1. The Hall–Kier alpha value is -2.58.